The zero-order valence-corrected chi connectivity index (χ0v) is 5.74. The summed E-state index contributed by atoms with van der Waals surface area (Å²) in [7, 11) is 0. The molecule has 1 rings (SSSR count). The molecule has 0 aromatic rings. The van der Waals surface area contributed by atoms with E-state index in [-0.39, 0.29) is 24.0 Å². The Hall–Kier alpha value is 0.210. The summed E-state index contributed by atoms with van der Waals surface area (Å²) < 4.78 is 0. The lowest BCUT2D eigenvalue weighted by atomic mass is 10.2. The zero-order valence-electron chi connectivity index (χ0n) is 4.92. The molecule has 0 amide bonds. The van der Waals surface area contributed by atoms with Crippen LogP contribution in [0.1, 0.15) is 19.8 Å². The van der Waals surface area contributed by atoms with Gasteiger partial charge in [0.15, 0.2) is 0 Å². The Labute approximate surface area is 55.5 Å². The van der Waals surface area contributed by atoms with Gasteiger partial charge in [0.1, 0.15) is 0 Å². The van der Waals surface area contributed by atoms with E-state index in [0.717, 1.165) is 12.8 Å². The molecule has 0 aromatic heterocycles. The number of rotatable bonds is 1. The molecule has 1 unspecified atom stereocenters. The molecule has 0 radical (unpaired) electrons. The predicted octanol–water partition coefficient (Wildman–Crippen LogP) is 0.280. The van der Waals surface area contributed by atoms with Crippen molar-refractivity contribution in [2.75, 3.05) is 0 Å². The summed E-state index contributed by atoms with van der Waals surface area (Å²) in [4.78, 5) is 0. The molecule has 0 spiro atoms. The van der Waals surface area contributed by atoms with Gasteiger partial charge in [0.05, 0.1) is 6.10 Å². The third-order valence-corrected chi connectivity index (χ3v) is 1.66. The van der Waals surface area contributed by atoms with Crippen LogP contribution in [0.2, 0.25) is 0 Å². The fourth-order valence-corrected chi connectivity index (χ4v) is 0.562. The van der Waals surface area contributed by atoms with Gasteiger partial charge in [-0.3, -0.25) is 0 Å². The summed E-state index contributed by atoms with van der Waals surface area (Å²) >= 11 is 0. The molecule has 0 aromatic carbocycles. The topological polar surface area (TPSA) is 46.2 Å². The van der Waals surface area contributed by atoms with E-state index in [1.54, 1.807) is 6.92 Å². The third kappa shape index (κ3) is 1.34. The lowest BCUT2D eigenvalue weighted by Gasteiger charge is -2.09. The number of halogens is 1. The van der Waals surface area contributed by atoms with Crippen molar-refractivity contribution in [3.63, 3.8) is 0 Å². The monoisotopic (exact) mass is 137 g/mol. The summed E-state index contributed by atoms with van der Waals surface area (Å²) in [6.07, 6.45) is 1.67. The van der Waals surface area contributed by atoms with Crippen LogP contribution in [0, 0.1) is 0 Å². The first-order valence-corrected chi connectivity index (χ1v) is 2.62. The maximum atomic E-state index is 8.83. The van der Waals surface area contributed by atoms with Crippen molar-refractivity contribution in [1.82, 2.24) is 0 Å². The molecule has 2 nitrogen and oxygen atoms in total. The molecule has 0 heterocycles. The number of hydrogen-bond acceptors (Lipinski definition) is 2. The minimum absolute atomic E-state index is 0. The molecular weight excluding hydrogens is 126 g/mol. The van der Waals surface area contributed by atoms with Crippen molar-refractivity contribution in [2.45, 2.75) is 31.4 Å². The first kappa shape index (κ1) is 8.21. The van der Waals surface area contributed by atoms with Crippen LogP contribution in [0.4, 0.5) is 0 Å². The molecular formula is C5H12ClNO. The van der Waals surface area contributed by atoms with Crippen molar-refractivity contribution in [3.05, 3.63) is 0 Å². The summed E-state index contributed by atoms with van der Waals surface area (Å²) in [5, 5.41) is 8.83. The van der Waals surface area contributed by atoms with Crippen molar-refractivity contribution < 1.29 is 5.11 Å². The summed E-state index contributed by atoms with van der Waals surface area (Å²) in [6, 6.07) is 0. The fourth-order valence-electron chi connectivity index (χ4n) is 0.562. The number of nitrogens with two attached hydrogens (primary N) is 1. The van der Waals surface area contributed by atoms with Gasteiger partial charge in [-0.25, -0.2) is 0 Å². The minimum Gasteiger partial charge on any atom is -0.392 e. The van der Waals surface area contributed by atoms with Gasteiger partial charge in [-0.15, -0.1) is 12.4 Å². The summed E-state index contributed by atoms with van der Waals surface area (Å²) in [5.41, 5.74) is 5.34. The molecule has 0 saturated heterocycles. The van der Waals surface area contributed by atoms with Gasteiger partial charge in [0.25, 0.3) is 0 Å². The van der Waals surface area contributed by atoms with Crippen LogP contribution in [-0.2, 0) is 0 Å². The second-order valence-electron chi connectivity index (χ2n) is 2.41. The number of aliphatic hydroxyl groups is 1. The van der Waals surface area contributed by atoms with Gasteiger partial charge in [-0.05, 0) is 19.8 Å². The average molecular weight is 138 g/mol. The summed E-state index contributed by atoms with van der Waals surface area (Å²) in [6.45, 7) is 1.74. The van der Waals surface area contributed by atoms with Gasteiger partial charge < -0.3 is 10.8 Å². The van der Waals surface area contributed by atoms with Crippen LogP contribution in [0.25, 0.3) is 0 Å². The van der Waals surface area contributed by atoms with Gasteiger partial charge in [0.2, 0.25) is 0 Å². The first-order valence-electron chi connectivity index (χ1n) is 2.62. The smallest absolute Gasteiger partial charge is 0.0691 e. The van der Waals surface area contributed by atoms with Crippen LogP contribution in [-0.4, -0.2) is 16.7 Å². The van der Waals surface area contributed by atoms with Gasteiger partial charge in [-0.1, -0.05) is 0 Å². The Bertz CT molecular complexity index is 80.5. The minimum atomic E-state index is -0.313. The predicted molar refractivity (Wildman–Crippen MR) is 35.1 cm³/mol. The van der Waals surface area contributed by atoms with E-state index in [1.807, 2.05) is 0 Å². The molecule has 3 N–H and O–H groups in total. The van der Waals surface area contributed by atoms with Gasteiger partial charge >= 0.3 is 0 Å². The molecule has 1 atom stereocenters. The number of aliphatic hydroxyl groups excluding tert-OH is 1. The van der Waals surface area contributed by atoms with E-state index in [0.29, 0.717) is 0 Å². The lowest BCUT2D eigenvalue weighted by Crippen LogP contribution is -2.34. The molecule has 0 bridgehead atoms. The second-order valence-corrected chi connectivity index (χ2v) is 2.41. The van der Waals surface area contributed by atoms with E-state index >= 15 is 0 Å². The molecule has 3 heteroatoms. The highest BCUT2D eigenvalue weighted by Crippen LogP contribution is 2.35. The highest BCUT2D eigenvalue weighted by Gasteiger charge is 2.42. The molecule has 0 aliphatic heterocycles. The van der Waals surface area contributed by atoms with E-state index in [1.165, 1.54) is 0 Å². The fraction of sp³-hybridized carbons (Fsp3) is 1.00. The van der Waals surface area contributed by atoms with E-state index in [2.05, 4.69) is 0 Å². The van der Waals surface area contributed by atoms with Crippen LogP contribution in [0.15, 0.2) is 0 Å². The quantitative estimate of drug-likeness (QED) is 0.546. The maximum Gasteiger partial charge on any atom is 0.0691 e. The Morgan fingerprint density at radius 3 is 2.00 bits per heavy atom. The van der Waals surface area contributed by atoms with E-state index in [9.17, 15) is 0 Å². The molecule has 1 saturated carbocycles. The van der Waals surface area contributed by atoms with Crippen molar-refractivity contribution >= 4 is 12.4 Å². The summed E-state index contributed by atoms with van der Waals surface area (Å²) in [5.74, 6) is 0. The molecule has 50 valence electrons. The van der Waals surface area contributed by atoms with Crippen LogP contribution in [0.5, 0.6) is 0 Å². The standard InChI is InChI=1S/C5H11NO.ClH/c1-4(7)5(6)2-3-5;/h4,7H,2-3,6H2,1H3;1H. The van der Waals surface area contributed by atoms with E-state index < -0.39 is 0 Å². The Balaban J connectivity index is 0.000000490. The van der Waals surface area contributed by atoms with Crippen LogP contribution in [0.3, 0.4) is 0 Å². The Morgan fingerprint density at radius 2 is 2.00 bits per heavy atom. The molecule has 1 aliphatic carbocycles. The van der Waals surface area contributed by atoms with Crippen molar-refractivity contribution in [2.24, 2.45) is 5.73 Å². The first-order chi connectivity index (χ1) is 3.15. The molecule has 1 aliphatic rings. The van der Waals surface area contributed by atoms with Crippen LogP contribution >= 0.6 is 12.4 Å². The number of hydrogen-bond donors (Lipinski definition) is 2. The SMILES string of the molecule is CC(O)C1(N)CC1.Cl. The second kappa shape index (κ2) is 2.21. The van der Waals surface area contributed by atoms with E-state index in [4.69, 9.17) is 10.8 Å². The molecule has 1 fully saturated rings. The average Bonchev–Trinajstić information content (AvgIpc) is 2.21. The van der Waals surface area contributed by atoms with Crippen molar-refractivity contribution in [3.8, 4) is 0 Å². The highest BCUT2D eigenvalue weighted by molar-refractivity contribution is 5.85. The molecule has 8 heavy (non-hydrogen) atoms. The van der Waals surface area contributed by atoms with Gasteiger partial charge in [-0.2, -0.15) is 0 Å². The lowest BCUT2D eigenvalue weighted by molar-refractivity contribution is 0.153. The van der Waals surface area contributed by atoms with Gasteiger partial charge in [0, 0.05) is 5.54 Å². The highest BCUT2D eigenvalue weighted by atomic mass is 35.5. The largest absolute Gasteiger partial charge is 0.392 e. The Kier molecular flexibility index (Phi) is 2.27. The Morgan fingerprint density at radius 1 is 1.62 bits per heavy atom. The third-order valence-electron chi connectivity index (χ3n) is 1.66. The van der Waals surface area contributed by atoms with Crippen LogP contribution < -0.4 is 5.73 Å². The van der Waals surface area contributed by atoms with Crippen molar-refractivity contribution in [1.29, 1.82) is 0 Å². The normalized spacial score (nSPS) is 25.9. The maximum absolute atomic E-state index is 8.83. The zero-order chi connectivity index (χ0) is 5.49.